The van der Waals surface area contributed by atoms with Crippen molar-refractivity contribution >= 4 is 17.8 Å². The molecule has 0 amide bonds. The number of nitrogens with zero attached hydrogens (tertiary/aromatic N) is 2. The maximum absolute atomic E-state index is 11.9. The van der Waals surface area contributed by atoms with Crippen molar-refractivity contribution in [2.45, 2.75) is 6.92 Å². The third kappa shape index (κ3) is 3.78. The van der Waals surface area contributed by atoms with Gasteiger partial charge in [0.15, 0.2) is 5.82 Å². The molecule has 0 saturated heterocycles. The monoisotopic (exact) mass is 301 g/mol. The second kappa shape index (κ2) is 7.16. The molecule has 0 bridgehead atoms. The summed E-state index contributed by atoms with van der Waals surface area (Å²) in [4.78, 5) is 31.0. The van der Waals surface area contributed by atoms with E-state index in [2.05, 4.69) is 15.3 Å². The van der Waals surface area contributed by atoms with Crippen LogP contribution in [-0.4, -0.2) is 40.2 Å². The minimum absolute atomic E-state index is 0.0998. The third-order valence-electron chi connectivity index (χ3n) is 2.72. The van der Waals surface area contributed by atoms with Crippen LogP contribution in [0, 0.1) is 0 Å². The number of carbonyl (C=O) groups is 2. The molecule has 2 aromatic rings. The van der Waals surface area contributed by atoms with Gasteiger partial charge in [0.25, 0.3) is 0 Å². The van der Waals surface area contributed by atoms with Crippen molar-refractivity contribution in [3.8, 4) is 11.4 Å². The number of carbonyl (C=O) groups excluding carboxylic acids is 1. The van der Waals surface area contributed by atoms with Crippen LogP contribution in [0.25, 0.3) is 11.4 Å². The first-order chi connectivity index (χ1) is 10.6. The summed E-state index contributed by atoms with van der Waals surface area (Å²) in [7, 11) is 0. The maximum Gasteiger partial charge on any atom is 0.343 e. The Labute approximate surface area is 127 Å². The molecule has 22 heavy (non-hydrogen) atoms. The van der Waals surface area contributed by atoms with Crippen molar-refractivity contribution in [1.29, 1.82) is 0 Å². The normalized spacial score (nSPS) is 10.0. The zero-order chi connectivity index (χ0) is 15.9. The lowest BCUT2D eigenvalue weighted by atomic mass is 10.2. The predicted octanol–water partition coefficient (Wildman–Crippen LogP) is 1.82. The average Bonchev–Trinajstić information content (AvgIpc) is 2.53. The van der Waals surface area contributed by atoms with Gasteiger partial charge in [-0.1, -0.05) is 30.3 Å². The van der Waals surface area contributed by atoms with Crippen LogP contribution in [0.15, 0.2) is 36.5 Å². The van der Waals surface area contributed by atoms with E-state index in [4.69, 9.17) is 9.84 Å². The van der Waals surface area contributed by atoms with E-state index in [0.29, 0.717) is 5.82 Å². The van der Waals surface area contributed by atoms with E-state index in [9.17, 15) is 9.59 Å². The van der Waals surface area contributed by atoms with E-state index in [1.54, 1.807) is 6.92 Å². The highest BCUT2D eigenvalue weighted by molar-refractivity contribution is 5.95. The number of esters is 1. The van der Waals surface area contributed by atoms with Crippen LogP contribution in [0.5, 0.6) is 0 Å². The molecule has 0 fully saturated rings. The molecule has 0 spiro atoms. The van der Waals surface area contributed by atoms with Crippen molar-refractivity contribution in [2.24, 2.45) is 0 Å². The van der Waals surface area contributed by atoms with E-state index < -0.39 is 11.9 Å². The Morgan fingerprint density at radius 2 is 2.00 bits per heavy atom. The smallest absolute Gasteiger partial charge is 0.343 e. The standard InChI is InChI=1S/C15H15N3O4/c1-2-22-15(21)11-8-16-13(10-6-4-3-5-7-10)18-14(11)17-9-12(19)20/h3-8H,2,9H2,1H3,(H,19,20)(H,16,17,18). The first-order valence-corrected chi connectivity index (χ1v) is 6.67. The highest BCUT2D eigenvalue weighted by Gasteiger charge is 2.17. The summed E-state index contributed by atoms with van der Waals surface area (Å²) < 4.78 is 4.91. The minimum Gasteiger partial charge on any atom is -0.480 e. The van der Waals surface area contributed by atoms with Crippen molar-refractivity contribution in [3.05, 3.63) is 42.1 Å². The van der Waals surface area contributed by atoms with Crippen molar-refractivity contribution in [1.82, 2.24) is 9.97 Å². The average molecular weight is 301 g/mol. The number of anilines is 1. The van der Waals surface area contributed by atoms with Gasteiger partial charge in [-0.15, -0.1) is 0 Å². The lowest BCUT2D eigenvalue weighted by molar-refractivity contribution is -0.134. The summed E-state index contributed by atoms with van der Waals surface area (Å²) in [6.45, 7) is 1.52. The van der Waals surface area contributed by atoms with Gasteiger partial charge in [-0.05, 0) is 6.92 Å². The van der Waals surface area contributed by atoms with Crippen LogP contribution < -0.4 is 5.32 Å². The summed E-state index contributed by atoms with van der Waals surface area (Å²) in [5.74, 6) is -1.14. The van der Waals surface area contributed by atoms with E-state index in [1.807, 2.05) is 30.3 Å². The first kappa shape index (κ1) is 15.4. The van der Waals surface area contributed by atoms with Gasteiger partial charge in [0.2, 0.25) is 0 Å². The van der Waals surface area contributed by atoms with Gasteiger partial charge in [0.05, 0.1) is 6.61 Å². The second-order valence-corrected chi connectivity index (χ2v) is 4.29. The number of hydrogen-bond donors (Lipinski definition) is 2. The van der Waals surface area contributed by atoms with Crippen LogP contribution in [0.2, 0.25) is 0 Å². The molecule has 0 unspecified atom stereocenters. The molecule has 1 aromatic heterocycles. The lowest BCUT2D eigenvalue weighted by Gasteiger charge is -2.10. The number of ether oxygens (including phenoxy) is 1. The van der Waals surface area contributed by atoms with Crippen LogP contribution in [-0.2, 0) is 9.53 Å². The lowest BCUT2D eigenvalue weighted by Crippen LogP contribution is -2.17. The summed E-state index contributed by atoms with van der Waals surface area (Å²) in [6.07, 6.45) is 1.33. The predicted molar refractivity (Wildman–Crippen MR) is 79.6 cm³/mol. The fraction of sp³-hybridized carbons (Fsp3) is 0.200. The first-order valence-electron chi connectivity index (χ1n) is 6.67. The molecule has 1 aromatic carbocycles. The maximum atomic E-state index is 11.9. The van der Waals surface area contributed by atoms with Crippen molar-refractivity contribution in [2.75, 3.05) is 18.5 Å². The van der Waals surface area contributed by atoms with E-state index in [0.717, 1.165) is 5.56 Å². The molecule has 0 radical (unpaired) electrons. The Hall–Kier alpha value is -2.96. The summed E-state index contributed by atoms with van der Waals surface area (Å²) in [6, 6.07) is 9.17. The number of aromatic nitrogens is 2. The zero-order valence-electron chi connectivity index (χ0n) is 11.9. The SMILES string of the molecule is CCOC(=O)c1cnc(-c2ccccc2)nc1NCC(=O)O. The molecule has 2 rings (SSSR count). The second-order valence-electron chi connectivity index (χ2n) is 4.29. The van der Waals surface area contributed by atoms with Crippen molar-refractivity contribution < 1.29 is 19.4 Å². The Kier molecular flexibility index (Phi) is 5.02. The number of carboxylic acid groups (broad SMARTS) is 1. The van der Waals surface area contributed by atoms with Crippen molar-refractivity contribution in [3.63, 3.8) is 0 Å². The van der Waals surface area contributed by atoms with Gasteiger partial charge in [-0.2, -0.15) is 0 Å². The largest absolute Gasteiger partial charge is 0.480 e. The Morgan fingerprint density at radius 1 is 1.27 bits per heavy atom. The number of nitrogens with one attached hydrogen (secondary N) is 1. The molecule has 1 heterocycles. The minimum atomic E-state index is -1.06. The molecule has 0 aliphatic heterocycles. The Bertz CT molecular complexity index is 674. The number of benzene rings is 1. The van der Waals surface area contributed by atoms with Gasteiger partial charge in [0.1, 0.15) is 17.9 Å². The summed E-state index contributed by atoms with van der Waals surface area (Å²) >= 11 is 0. The highest BCUT2D eigenvalue weighted by atomic mass is 16.5. The van der Waals surface area contributed by atoms with Gasteiger partial charge >= 0.3 is 11.9 Å². The van der Waals surface area contributed by atoms with E-state index in [-0.39, 0.29) is 24.5 Å². The van der Waals surface area contributed by atoms with Gasteiger partial charge in [-0.25, -0.2) is 14.8 Å². The number of carboxylic acids is 1. The molecular formula is C15H15N3O4. The van der Waals surface area contributed by atoms with Crippen LogP contribution in [0.1, 0.15) is 17.3 Å². The molecular weight excluding hydrogens is 286 g/mol. The molecule has 0 atom stereocenters. The Morgan fingerprint density at radius 3 is 2.64 bits per heavy atom. The topological polar surface area (TPSA) is 101 Å². The van der Waals surface area contributed by atoms with Crippen LogP contribution >= 0.6 is 0 Å². The molecule has 0 aliphatic carbocycles. The fourth-order valence-corrected chi connectivity index (χ4v) is 1.76. The highest BCUT2D eigenvalue weighted by Crippen LogP contribution is 2.19. The summed E-state index contributed by atoms with van der Waals surface area (Å²) in [5, 5.41) is 11.4. The summed E-state index contributed by atoms with van der Waals surface area (Å²) in [5.41, 5.74) is 0.860. The fourth-order valence-electron chi connectivity index (χ4n) is 1.76. The third-order valence-corrected chi connectivity index (χ3v) is 2.72. The number of rotatable bonds is 6. The number of hydrogen-bond acceptors (Lipinski definition) is 6. The zero-order valence-corrected chi connectivity index (χ0v) is 11.9. The molecule has 0 aliphatic rings. The molecule has 0 saturated carbocycles. The number of aliphatic carboxylic acids is 1. The molecule has 7 heteroatoms. The van der Waals surface area contributed by atoms with E-state index >= 15 is 0 Å². The van der Waals surface area contributed by atoms with Crippen LogP contribution in [0.4, 0.5) is 5.82 Å². The Balaban J connectivity index is 2.38. The van der Waals surface area contributed by atoms with Gasteiger partial charge in [-0.3, -0.25) is 4.79 Å². The van der Waals surface area contributed by atoms with Gasteiger partial charge in [0, 0.05) is 11.8 Å². The molecule has 2 N–H and O–H groups in total. The van der Waals surface area contributed by atoms with Crippen LogP contribution in [0.3, 0.4) is 0 Å². The quantitative estimate of drug-likeness (QED) is 0.784. The molecule has 7 nitrogen and oxygen atoms in total. The van der Waals surface area contributed by atoms with Gasteiger partial charge < -0.3 is 15.2 Å². The molecule has 114 valence electrons. The van der Waals surface area contributed by atoms with E-state index in [1.165, 1.54) is 6.20 Å².